The van der Waals surface area contributed by atoms with E-state index in [1.54, 1.807) is 0 Å². The molecule has 0 rings (SSSR count). The molecule has 0 aliphatic rings. The first kappa shape index (κ1) is 50.2. The van der Waals surface area contributed by atoms with Crippen LogP contribution < -0.4 is 5.73 Å². The highest BCUT2D eigenvalue weighted by atomic mass is 31.2. The maximum Gasteiger partial charge on any atom is 0.472 e. The fourth-order valence-electron chi connectivity index (χ4n) is 5.47. The highest BCUT2D eigenvalue weighted by Crippen LogP contribution is 2.43. The van der Waals surface area contributed by atoms with E-state index >= 15 is 0 Å². The lowest BCUT2D eigenvalue weighted by atomic mass is 10.1. The molecule has 0 aliphatic carbocycles. The normalized spacial score (nSPS) is 14.3. The average Bonchev–Trinajstić information content (AvgIpc) is 3.12. The summed E-state index contributed by atoms with van der Waals surface area (Å²) < 4.78 is 32.7. The minimum absolute atomic E-state index is 0.0403. The van der Waals surface area contributed by atoms with E-state index in [0.717, 1.165) is 89.9 Å². The number of rotatable bonds is 38. The first-order valence-electron chi connectivity index (χ1n) is 20.6. The maximum absolute atomic E-state index is 12.5. The van der Waals surface area contributed by atoms with Crippen molar-refractivity contribution >= 4 is 19.8 Å². The topological polar surface area (TPSA) is 155 Å². The SMILES string of the molecule is CCCCCCCCC=CCCCCCCCC(=O)OCC(COP(=O)(O)OCCN)OC(=O)CCCCCCCC=CC=CC(O)CCCCC. The lowest BCUT2D eigenvalue weighted by Crippen LogP contribution is -2.29. The number of ether oxygens (including phenoxy) is 2. The lowest BCUT2D eigenvalue weighted by Gasteiger charge is -2.19. The molecule has 0 saturated carbocycles. The number of phosphoric ester groups is 1. The van der Waals surface area contributed by atoms with E-state index in [1.807, 2.05) is 18.2 Å². The highest BCUT2D eigenvalue weighted by Gasteiger charge is 2.26. The summed E-state index contributed by atoms with van der Waals surface area (Å²) in [7, 11) is -4.39. The van der Waals surface area contributed by atoms with Crippen LogP contribution >= 0.6 is 7.82 Å². The van der Waals surface area contributed by atoms with Gasteiger partial charge in [-0.3, -0.25) is 18.6 Å². The van der Waals surface area contributed by atoms with Crippen molar-refractivity contribution in [3.8, 4) is 0 Å². The van der Waals surface area contributed by atoms with Crippen LogP contribution in [0.1, 0.15) is 174 Å². The van der Waals surface area contributed by atoms with Gasteiger partial charge in [0.15, 0.2) is 6.10 Å². The number of aliphatic hydroxyl groups is 1. The Morgan fingerprint density at radius 2 is 1.17 bits per heavy atom. The van der Waals surface area contributed by atoms with E-state index < -0.39 is 32.5 Å². The first-order chi connectivity index (χ1) is 25.2. The van der Waals surface area contributed by atoms with Crippen molar-refractivity contribution in [2.75, 3.05) is 26.4 Å². The Balaban J connectivity index is 4.27. The number of hydrogen-bond acceptors (Lipinski definition) is 9. The van der Waals surface area contributed by atoms with E-state index in [-0.39, 0.29) is 38.7 Å². The van der Waals surface area contributed by atoms with Gasteiger partial charge in [-0.2, -0.15) is 0 Å². The smallest absolute Gasteiger partial charge is 0.462 e. The van der Waals surface area contributed by atoms with Crippen LogP contribution in [0.2, 0.25) is 0 Å². The Bertz CT molecular complexity index is 972. The van der Waals surface area contributed by atoms with E-state index in [0.29, 0.717) is 12.8 Å². The third kappa shape index (κ3) is 36.5. The number of unbranched alkanes of at least 4 members (excludes halogenated alkanes) is 18. The van der Waals surface area contributed by atoms with Crippen LogP contribution in [0.3, 0.4) is 0 Å². The van der Waals surface area contributed by atoms with Crippen LogP contribution in [0.5, 0.6) is 0 Å². The summed E-state index contributed by atoms with van der Waals surface area (Å²) in [6.45, 7) is 3.54. The summed E-state index contributed by atoms with van der Waals surface area (Å²) >= 11 is 0. The molecule has 10 nitrogen and oxygen atoms in total. The molecule has 0 heterocycles. The summed E-state index contributed by atoms with van der Waals surface area (Å²) in [5, 5.41) is 9.91. The molecule has 0 aromatic rings. The molecule has 3 unspecified atom stereocenters. The van der Waals surface area contributed by atoms with Gasteiger partial charge < -0.3 is 25.2 Å². The molecule has 0 radical (unpaired) electrons. The largest absolute Gasteiger partial charge is 0.472 e. The minimum Gasteiger partial charge on any atom is -0.462 e. The van der Waals surface area contributed by atoms with Crippen LogP contribution in [0, 0.1) is 0 Å². The van der Waals surface area contributed by atoms with Crippen LogP contribution in [0.15, 0.2) is 36.5 Å². The molecule has 0 aliphatic heterocycles. The van der Waals surface area contributed by atoms with Gasteiger partial charge in [-0.15, -0.1) is 0 Å². The summed E-state index contributed by atoms with van der Waals surface area (Å²) in [4.78, 5) is 34.8. The molecule has 0 aromatic heterocycles. The molecular weight excluding hydrogens is 681 g/mol. The van der Waals surface area contributed by atoms with Crippen molar-refractivity contribution in [3.63, 3.8) is 0 Å². The molecule has 0 spiro atoms. The lowest BCUT2D eigenvalue weighted by molar-refractivity contribution is -0.161. The molecule has 0 fully saturated rings. The summed E-state index contributed by atoms with van der Waals surface area (Å²) in [5.41, 5.74) is 5.33. The zero-order chi connectivity index (χ0) is 38.4. The van der Waals surface area contributed by atoms with Crippen molar-refractivity contribution in [3.05, 3.63) is 36.5 Å². The molecule has 0 aromatic carbocycles. The second-order valence-electron chi connectivity index (χ2n) is 13.7. The predicted molar refractivity (Wildman–Crippen MR) is 212 cm³/mol. The average molecular weight is 758 g/mol. The van der Waals surface area contributed by atoms with Crippen LogP contribution in [-0.2, 0) is 32.7 Å². The third-order valence-corrected chi connectivity index (χ3v) is 9.59. The van der Waals surface area contributed by atoms with Gasteiger partial charge in [0, 0.05) is 19.4 Å². The van der Waals surface area contributed by atoms with Gasteiger partial charge in [-0.1, -0.05) is 140 Å². The summed E-state index contributed by atoms with van der Waals surface area (Å²) in [6, 6.07) is 0. The standard InChI is InChI=1S/C41H76NO9P/c1-3-5-7-8-9-10-11-12-13-14-15-18-21-24-28-32-40(44)48-36-39(37-50-52(46,47)49-35-34-42)51-41(45)33-29-25-22-19-16-17-20-23-27-31-38(43)30-26-6-4-2/h12-13,20,23,27,31,38-39,43H,3-11,14-19,21-22,24-26,28-30,32-37,42H2,1-2H3,(H,46,47). The minimum atomic E-state index is -4.39. The number of allylic oxidation sites excluding steroid dienone is 5. The monoisotopic (exact) mass is 758 g/mol. The molecule has 52 heavy (non-hydrogen) atoms. The Labute approximate surface area is 317 Å². The number of phosphoric acid groups is 1. The molecule has 0 amide bonds. The van der Waals surface area contributed by atoms with Gasteiger partial charge in [0.25, 0.3) is 0 Å². The van der Waals surface area contributed by atoms with Crippen LogP contribution in [0.4, 0.5) is 0 Å². The zero-order valence-corrected chi connectivity index (χ0v) is 33.8. The van der Waals surface area contributed by atoms with Gasteiger partial charge in [0.05, 0.1) is 19.3 Å². The molecular formula is C41H76NO9P. The molecule has 0 bridgehead atoms. The Morgan fingerprint density at radius 1 is 0.654 bits per heavy atom. The van der Waals surface area contributed by atoms with Gasteiger partial charge in [-0.25, -0.2) is 4.57 Å². The van der Waals surface area contributed by atoms with Gasteiger partial charge in [0.1, 0.15) is 6.61 Å². The van der Waals surface area contributed by atoms with Crippen molar-refractivity contribution in [2.24, 2.45) is 5.73 Å². The molecule has 3 atom stereocenters. The van der Waals surface area contributed by atoms with Gasteiger partial charge >= 0.3 is 19.8 Å². The van der Waals surface area contributed by atoms with Gasteiger partial charge in [-0.05, 0) is 57.8 Å². The predicted octanol–water partition coefficient (Wildman–Crippen LogP) is 10.4. The molecule has 4 N–H and O–H groups in total. The van der Waals surface area contributed by atoms with E-state index in [4.69, 9.17) is 24.3 Å². The number of carbonyl (C=O) groups is 2. The van der Waals surface area contributed by atoms with Crippen molar-refractivity contribution in [1.29, 1.82) is 0 Å². The Morgan fingerprint density at radius 3 is 1.77 bits per heavy atom. The fraction of sp³-hybridized carbons (Fsp3) is 0.805. The van der Waals surface area contributed by atoms with Crippen LogP contribution in [0.25, 0.3) is 0 Å². The highest BCUT2D eigenvalue weighted by molar-refractivity contribution is 7.47. The van der Waals surface area contributed by atoms with Gasteiger partial charge in [0.2, 0.25) is 0 Å². The van der Waals surface area contributed by atoms with E-state index in [2.05, 4.69) is 32.1 Å². The molecule has 11 heteroatoms. The quantitative estimate of drug-likeness (QED) is 0.0182. The molecule has 0 saturated heterocycles. The number of nitrogens with two attached hydrogens (primary N) is 1. The van der Waals surface area contributed by atoms with E-state index in [9.17, 15) is 24.2 Å². The number of aliphatic hydroxyl groups excluding tert-OH is 1. The van der Waals surface area contributed by atoms with Crippen molar-refractivity contribution in [1.82, 2.24) is 0 Å². The molecule has 304 valence electrons. The van der Waals surface area contributed by atoms with Crippen LogP contribution in [-0.4, -0.2) is 60.5 Å². The fourth-order valence-corrected chi connectivity index (χ4v) is 6.24. The second-order valence-corrected chi connectivity index (χ2v) is 15.2. The Hall–Kier alpha value is -1.81. The number of carbonyl (C=O) groups excluding carboxylic acids is 2. The van der Waals surface area contributed by atoms with Crippen molar-refractivity contribution in [2.45, 2.75) is 187 Å². The van der Waals surface area contributed by atoms with Crippen molar-refractivity contribution < 1.29 is 42.7 Å². The summed E-state index contributed by atoms with van der Waals surface area (Å²) in [6.07, 6.45) is 36.4. The maximum atomic E-state index is 12.5. The van der Waals surface area contributed by atoms with E-state index in [1.165, 1.54) is 44.9 Å². The Kier molecular flexibility index (Phi) is 36.2. The second kappa shape index (κ2) is 37.5. The number of hydrogen-bond donors (Lipinski definition) is 3. The third-order valence-electron chi connectivity index (χ3n) is 8.60. The zero-order valence-electron chi connectivity index (χ0n) is 32.9. The first-order valence-corrected chi connectivity index (χ1v) is 22.1. The number of esters is 2. The summed E-state index contributed by atoms with van der Waals surface area (Å²) in [5.74, 6) is -0.889.